The number of sulfone groups is 1. The Labute approximate surface area is 137 Å². The summed E-state index contributed by atoms with van der Waals surface area (Å²) >= 11 is 0. The predicted octanol–water partition coefficient (Wildman–Crippen LogP) is 1.40. The van der Waals surface area contributed by atoms with Crippen LogP contribution in [0, 0.1) is 0 Å². The van der Waals surface area contributed by atoms with E-state index in [1.807, 2.05) is 11.8 Å². The number of benzene rings is 1. The zero-order valence-corrected chi connectivity index (χ0v) is 14.6. The number of nitrogens with zero attached hydrogens (tertiary/aromatic N) is 1. The van der Waals surface area contributed by atoms with Gasteiger partial charge in [-0.25, -0.2) is 8.42 Å². The van der Waals surface area contributed by atoms with E-state index in [2.05, 4.69) is 0 Å². The highest BCUT2D eigenvalue weighted by atomic mass is 32.2. The van der Waals surface area contributed by atoms with Crippen molar-refractivity contribution in [1.29, 1.82) is 0 Å². The third kappa shape index (κ3) is 4.23. The van der Waals surface area contributed by atoms with Gasteiger partial charge in [0.2, 0.25) is 0 Å². The first-order chi connectivity index (χ1) is 10.9. The maximum atomic E-state index is 12.5. The minimum Gasteiger partial charge on any atom is -0.493 e. The van der Waals surface area contributed by atoms with E-state index < -0.39 is 9.84 Å². The fourth-order valence-electron chi connectivity index (χ4n) is 2.85. The molecule has 1 saturated heterocycles. The fraction of sp³-hybridized carbons (Fsp3) is 0.562. The normalized spacial score (nSPS) is 19.7. The molecular weight excluding hydrogens is 318 g/mol. The average Bonchev–Trinajstić information content (AvgIpc) is 2.91. The number of hydrogen-bond donors (Lipinski definition) is 0. The summed E-state index contributed by atoms with van der Waals surface area (Å²) in [5, 5.41) is 0. The number of ketones is 1. The molecule has 0 aromatic heterocycles. The Hall–Kier alpha value is -1.60. The van der Waals surface area contributed by atoms with E-state index in [0.717, 1.165) is 0 Å². The van der Waals surface area contributed by atoms with E-state index in [4.69, 9.17) is 9.47 Å². The van der Waals surface area contributed by atoms with E-state index in [-0.39, 0.29) is 29.9 Å². The van der Waals surface area contributed by atoms with Crippen molar-refractivity contribution in [2.24, 2.45) is 0 Å². The molecule has 23 heavy (non-hydrogen) atoms. The van der Waals surface area contributed by atoms with Gasteiger partial charge in [-0.3, -0.25) is 9.69 Å². The van der Waals surface area contributed by atoms with Crippen molar-refractivity contribution in [2.75, 3.05) is 38.8 Å². The Balaban J connectivity index is 2.11. The quantitative estimate of drug-likeness (QED) is 0.698. The monoisotopic (exact) mass is 341 g/mol. The molecule has 128 valence electrons. The summed E-state index contributed by atoms with van der Waals surface area (Å²) in [6.45, 7) is 2.78. The van der Waals surface area contributed by atoms with Crippen molar-refractivity contribution in [3.05, 3.63) is 23.8 Å². The van der Waals surface area contributed by atoms with Crippen LogP contribution in [0.4, 0.5) is 0 Å². The molecule has 2 rings (SSSR count). The molecule has 0 bridgehead atoms. The van der Waals surface area contributed by atoms with E-state index in [0.29, 0.717) is 30.0 Å². The molecule has 0 saturated carbocycles. The predicted molar refractivity (Wildman–Crippen MR) is 88.2 cm³/mol. The van der Waals surface area contributed by atoms with Crippen LogP contribution in [0.3, 0.4) is 0 Å². The van der Waals surface area contributed by atoms with Crippen molar-refractivity contribution in [2.45, 2.75) is 19.4 Å². The summed E-state index contributed by atoms with van der Waals surface area (Å²) in [5.74, 6) is 1.36. The number of Topliss-reactive ketones (excluding diaryl/α,β-unsaturated/α-hetero) is 1. The summed E-state index contributed by atoms with van der Waals surface area (Å²) in [6.07, 6.45) is 0.593. The number of carbonyl (C=O) groups is 1. The van der Waals surface area contributed by atoms with Crippen LogP contribution in [0.25, 0.3) is 0 Å². The van der Waals surface area contributed by atoms with Gasteiger partial charge in [-0.1, -0.05) is 6.92 Å². The molecule has 0 amide bonds. The van der Waals surface area contributed by atoms with Crippen LogP contribution in [0.2, 0.25) is 0 Å². The van der Waals surface area contributed by atoms with E-state index in [9.17, 15) is 13.2 Å². The first kappa shape index (κ1) is 17.7. The summed E-state index contributed by atoms with van der Waals surface area (Å²) in [4.78, 5) is 14.4. The summed E-state index contributed by atoms with van der Waals surface area (Å²) in [6, 6.07) is 4.97. The Kier molecular flexibility index (Phi) is 5.64. The lowest BCUT2D eigenvalue weighted by Gasteiger charge is -2.25. The van der Waals surface area contributed by atoms with Gasteiger partial charge in [0.05, 0.1) is 32.3 Å². The highest BCUT2D eigenvalue weighted by Crippen LogP contribution is 2.28. The van der Waals surface area contributed by atoms with E-state index >= 15 is 0 Å². The van der Waals surface area contributed by atoms with Crippen LogP contribution in [0.1, 0.15) is 23.7 Å². The minimum atomic E-state index is -2.96. The zero-order valence-electron chi connectivity index (χ0n) is 13.7. The third-order valence-electron chi connectivity index (χ3n) is 4.18. The summed E-state index contributed by atoms with van der Waals surface area (Å²) in [5.41, 5.74) is 0.530. The van der Waals surface area contributed by atoms with Gasteiger partial charge >= 0.3 is 0 Å². The smallest absolute Gasteiger partial charge is 0.176 e. The van der Waals surface area contributed by atoms with Gasteiger partial charge in [-0.15, -0.1) is 0 Å². The van der Waals surface area contributed by atoms with Crippen molar-refractivity contribution < 1.29 is 22.7 Å². The summed E-state index contributed by atoms with van der Waals surface area (Å²) in [7, 11) is 0.102. The zero-order chi connectivity index (χ0) is 17.0. The Bertz CT molecular complexity index is 671. The fourth-order valence-corrected chi connectivity index (χ4v) is 4.61. The number of carbonyl (C=O) groups excluding carboxylic acids is 1. The average molecular weight is 341 g/mol. The second kappa shape index (κ2) is 7.31. The number of hydrogen-bond acceptors (Lipinski definition) is 6. The van der Waals surface area contributed by atoms with Crippen molar-refractivity contribution in [1.82, 2.24) is 4.90 Å². The maximum absolute atomic E-state index is 12.5. The first-order valence-corrected chi connectivity index (χ1v) is 9.42. The molecule has 0 aliphatic carbocycles. The second-order valence-corrected chi connectivity index (χ2v) is 7.84. The molecule has 1 aromatic carbocycles. The molecule has 1 aliphatic rings. The highest BCUT2D eigenvalue weighted by Gasteiger charge is 2.32. The standard InChI is InChI=1S/C16H23NO5S/c1-4-17(13-7-8-23(19,20)11-13)10-14(18)12-5-6-15(21-2)16(9-12)22-3/h5-6,9,13H,4,7-8,10-11H2,1-3H3/t13-/m1/s1. The minimum absolute atomic E-state index is 0.0582. The lowest BCUT2D eigenvalue weighted by Crippen LogP contribution is -2.39. The Morgan fingerprint density at radius 1 is 1.26 bits per heavy atom. The number of methoxy groups -OCH3 is 2. The molecule has 0 N–H and O–H groups in total. The first-order valence-electron chi connectivity index (χ1n) is 7.60. The van der Waals surface area contributed by atoms with Gasteiger partial charge < -0.3 is 9.47 Å². The van der Waals surface area contributed by atoms with Crippen LogP contribution in [0.15, 0.2) is 18.2 Å². The second-order valence-electron chi connectivity index (χ2n) is 5.61. The number of ether oxygens (including phenoxy) is 2. The van der Waals surface area contributed by atoms with Crippen molar-refractivity contribution >= 4 is 15.6 Å². The van der Waals surface area contributed by atoms with Gasteiger partial charge in [0.15, 0.2) is 27.1 Å². The highest BCUT2D eigenvalue weighted by molar-refractivity contribution is 7.91. The van der Waals surface area contributed by atoms with Crippen molar-refractivity contribution in [3.8, 4) is 11.5 Å². The molecule has 1 aliphatic heterocycles. The van der Waals surface area contributed by atoms with Gasteiger partial charge in [-0.2, -0.15) is 0 Å². The molecule has 6 nitrogen and oxygen atoms in total. The molecule has 0 radical (unpaired) electrons. The van der Waals surface area contributed by atoms with Gasteiger partial charge in [0, 0.05) is 11.6 Å². The molecular formula is C16H23NO5S. The van der Waals surface area contributed by atoms with E-state index in [1.165, 1.54) is 7.11 Å². The van der Waals surface area contributed by atoms with Gasteiger partial charge in [0.1, 0.15) is 0 Å². The Morgan fingerprint density at radius 3 is 2.48 bits per heavy atom. The van der Waals surface area contributed by atoms with Gasteiger partial charge in [0.25, 0.3) is 0 Å². The SMILES string of the molecule is CCN(CC(=O)c1ccc(OC)c(OC)c1)[C@@H]1CCS(=O)(=O)C1. The van der Waals surface area contributed by atoms with E-state index in [1.54, 1.807) is 25.3 Å². The number of likely N-dealkylation sites (N-methyl/N-ethyl adjacent to an activating group) is 1. The van der Waals surface area contributed by atoms with Gasteiger partial charge in [-0.05, 0) is 31.2 Å². The van der Waals surface area contributed by atoms with Crippen LogP contribution in [-0.2, 0) is 9.84 Å². The third-order valence-corrected chi connectivity index (χ3v) is 5.93. The lowest BCUT2D eigenvalue weighted by atomic mass is 10.1. The lowest BCUT2D eigenvalue weighted by molar-refractivity contribution is 0.0906. The molecule has 0 unspecified atom stereocenters. The van der Waals surface area contributed by atoms with Crippen LogP contribution in [-0.4, -0.2) is 64.0 Å². The largest absolute Gasteiger partial charge is 0.493 e. The van der Waals surface area contributed by atoms with Crippen LogP contribution in [0.5, 0.6) is 11.5 Å². The molecule has 1 heterocycles. The number of rotatable bonds is 7. The molecule has 1 atom stereocenters. The van der Waals surface area contributed by atoms with Crippen LogP contribution >= 0.6 is 0 Å². The molecule has 1 fully saturated rings. The van der Waals surface area contributed by atoms with Crippen LogP contribution < -0.4 is 9.47 Å². The molecule has 7 heteroatoms. The van der Waals surface area contributed by atoms with Crippen molar-refractivity contribution in [3.63, 3.8) is 0 Å². The topological polar surface area (TPSA) is 72.9 Å². The Morgan fingerprint density at radius 2 is 1.96 bits per heavy atom. The molecule has 0 spiro atoms. The molecule has 1 aromatic rings. The maximum Gasteiger partial charge on any atom is 0.176 e. The summed E-state index contributed by atoms with van der Waals surface area (Å²) < 4.78 is 33.6.